The Kier molecular flexibility index (Phi) is 6.11. The minimum absolute atomic E-state index is 0.501. The topological polar surface area (TPSA) is 21.7 Å². The molecule has 1 heterocycles. The molecule has 0 fully saturated rings. The highest BCUT2D eigenvalue weighted by atomic mass is 32.1. The second-order valence-corrected chi connectivity index (χ2v) is 7.62. The van der Waals surface area contributed by atoms with Crippen LogP contribution in [0.1, 0.15) is 22.3 Å². The third-order valence-corrected chi connectivity index (χ3v) is 5.72. The Bertz CT molecular complexity index is 984. The minimum atomic E-state index is 0.501. The second kappa shape index (κ2) is 9.10. The van der Waals surface area contributed by atoms with Gasteiger partial charge in [-0.25, -0.2) is 0 Å². The van der Waals surface area contributed by atoms with Gasteiger partial charge in [-0.2, -0.15) is 0 Å². The summed E-state index contributed by atoms with van der Waals surface area (Å²) in [6.45, 7) is 4.89. The first-order valence-corrected chi connectivity index (χ1v) is 10.4. The van der Waals surface area contributed by atoms with Crippen molar-refractivity contribution in [3.05, 3.63) is 95.1 Å². The van der Waals surface area contributed by atoms with Crippen LogP contribution in [0, 0.1) is 6.92 Å². The van der Waals surface area contributed by atoms with Gasteiger partial charge in [0.1, 0.15) is 29.7 Å². The van der Waals surface area contributed by atoms with E-state index in [1.54, 1.807) is 0 Å². The standard InChI is InChI=1S/C25H25NO2S/c1-19-6-2-5-9-24(19)28-17-16-27-23-12-10-21(11-13-23)25(29)26-15-14-20-7-3-4-8-22(20)18-26/h2-13H,14-18H2,1H3. The van der Waals surface area contributed by atoms with Gasteiger partial charge >= 0.3 is 0 Å². The molecule has 4 heteroatoms. The summed E-state index contributed by atoms with van der Waals surface area (Å²) in [7, 11) is 0. The minimum Gasteiger partial charge on any atom is -0.490 e. The van der Waals surface area contributed by atoms with Crippen LogP contribution in [0.4, 0.5) is 0 Å². The molecule has 0 unspecified atom stereocenters. The lowest BCUT2D eigenvalue weighted by Crippen LogP contribution is -2.35. The van der Waals surface area contributed by atoms with Gasteiger partial charge in [0.2, 0.25) is 0 Å². The third-order valence-electron chi connectivity index (χ3n) is 5.22. The maximum atomic E-state index is 5.81. The number of hydrogen-bond acceptors (Lipinski definition) is 3. The molecule has 4 rings (SSSR count). The van der Waals surface area contributed by atoms with Crippen molar-refractivity contribution in [2.45, 2.75) is 19.9 Å². The smallest absolute Gasteiger partial charge is 0.122 e. The summed E-state index contributed by atoms with van der Waals surface area (Å²) in [6, 6.07) is 24.7. The zero-order chi connectivity index (χ0) is 20.1. The molecule has 0 N–H and O–H groups in total. The van der Waals surface area contributed by atoms with E-state index in [-0.39, 0.29) is 0 Å². The fraction of sp³-hybridized carbons (Fsp3) is 0.240. The van der Waals surface area contributed by atoms with Gasteiger partial charge in [0, 0.05) is 18.7 Å². The van der Waals surface area contributed by atoms with E-state index < -0.39 is 0 Å². The van der Waals surface area contributed by atoms with E-state index in [1.165, 1.54) is 11.1 Å². The van der Waals surface area contributed by atoms with E-state index in [1.807, 2.05) is 55.5 Å². The molecule has 0 aromatic heterocycles. The van der Waals surface area contributed by atoms with Gasteiger partial charge in [-0.3, -0.25) is 0 Å². The Morgan fingerprint density at radius 2 is 1.55 bits per heavy atom. The molecule has 148 valence electrons. The Morgan fingerprint density at radius 3 is 2.34 bits per heavy atom. The van der Waals surface area contributed by atoms with E-state index in [2.05, 4.69) is 29.2 Å². The van der Waals surface area contributed by atoms with Gasteiger partial charge in [0.25, 0.3) is 0 Å². The summed E-state index contributed by atoms with van der Waals surface area (Å²) < 4.78 is 11.6. The molecule has 0 spiro atoms. The molecule has 3 aromatic carbocycles. The monoisotopic (exact) mass is 403 g/mol. The number of fused-ring (bicyclic) bond motifs is 1. The number of para-hydroxylation sites is 1. The average molecular weight is 404 g/mol. The number of thiocarbonyl (C=S) groups is 1. The summed E-state index contributed by atoms with van der Waals surface area (Å²) in [4.78, 5) is 3.18. The fourth-order valence-electron chi connectivity index (χ4n) is 3.57. The van der Waals surface area contributed by atoms with E-state index in [0.29, 0.717) is 13.2 Å². The van der Waals surface area contributed by atoms with Crippen LogP contribution in [0.15, 0.2) is 72.8 Å². The van der Waals surface area contributed by atoms with Gasteiger partial charge < -0.3 is 14.4 Å². The molecule has 3 nitrogen and oxygen atoms in total. The van der Waals surface area contributed by atoms with E-state index in [0.717, 1.165) is 47.1 Å². The quantitative estimate of drug-likeness (QED) is 0.417. The number of ether oxygens (including phenoxy) is 2. The normalized spacial score (nSPS) is 12.9. The molecule has 0 saturated heterocycles. The number of benzene rings is 3. The third kappa shape index (κ3) is 4.77. The van der Waals surface area contributed by atoms with Crippen LogP contribution < -0.4 is 9.47 Å². The molecular weight excluding hydrogens is 378 g/mol. The zero-order valence-electron chi connectivity index (χ0n) is 16.6. The Morgan fingerprint density at radius 1 is 0.862 bits per heavy atom. The van der Waals surface area contributed by atoms with E-state index in [9.17, 15) is 0 Å². The van der Waals surface area contributed by atoms with Gasteiger partial charge in [0.15, 0.2) is 0 Å². The molecular formula is C25H25NO2S. The van der Waals surface area contributed by atoms with Crippen LogP contribution in [-0.4, -0.2) is 29.6 Å². The maximum Gasteiger partial charge on any atom is 0.122 e. The summed E-state index contributed by atoms with van der Waals surface area (Å²) in [6.07, 6.45) is 1.04. The number of nitrogens with zero attached hydrogens (tertiary/aromatic N) is 1. The van der Waals surface area contributed by atoms with Crippen molar-refractivity contribution in [1.29, 1.82) is 0 Å². The number of hydrogen-bond donors (Lipinski definition) is 0. The van der Waals surface area contributed by atoms with Crippen molar-refractivity contribution in [2.24, 2.45) is 0 Å². The lowest BCUT2D eigenvalue weighted by atomic mass is 9.99. The summed E-state index contributed by atoms with van der Waals surface area (Å²) >= 11 is 5.75. The van der Waals surface area contributed by atoms with Gasteiger partial charge in [-0.15, -0.1) is 0 Å². The van der Waals surface area contributed by atoms with E-state index in [4.69, 9.17) is 21.7 Å². The highest BCUT2D eigenvalue weighted by Gasteiger charge is 2.18. The van der Waals surface area contributed by atoms with Gasteiger partial charge in [0.05, 0.1) is 0 Å². The molecule has 0 atom stereocenters. The maximum absolute atomic E-state index is 5.81. The lowest BCUT2D eigenvalue weighted by molar-refractivity contribution is 0.216. The molecule has 0 amide bonds. The average Bonchev–Trinajstić information content (AvgIpc) is 2.77. The predicted molar refractivity (Wildman–Crippen MR) is 121 cm³/mol. The molecule has 1 aliphatic rings. The predicted octanol–water partition coefficient (Wildman–Crippen LogP) is 5.19. The molecule has 29 heavy (non-hydrogen) atoms. The highest BCUT2D eigenvalue weighted by molar-refractivity contribution is 7.80. The van der Waals surface area contributed by atoms with Crippen LogP contribution in [0.3, 0.4) is 0 Å². The molecule has 0 bridgehead atoms. The highest BCUT2D eigenvalue weighted by Crippen LogP contribution is 2.22. The first kappa shape index (κ1) is 19.5. The largest absolute Gasteiger partial charge is 0.490 e. The van der Waals surface area contributed by atoms with Crippen LogP contribution >= 0.6 is 12.2 Å². The van der Waals surface area contributed by atoms with Crippen molar-refractivity contribution in [1.82, 2.24) is 4.90 Å². The fourth-order valence-corrected chi connectivity index (χ4v) is 3.87. The van der Waals surface area contributed by atoms with Crippen molar-refractivity contribution >= 4 is 17.2 Å². The Labute approximate surface area is 177 Å². The molecule has 3 aromatic rings. The summed E-state index contributed by atoms with van der Waals surface area (Å²) in [5, 5.41) is 0. The van der Waals surface area contributed by atoms with Crippen molar-refractivity contribution < 1.29 is 9.47 Å². The van der Waals surface area contributed by atoms with Crippen molar-refractivity contribution in [3.8, 4) is 11.5 Å². The number of aryl methyl sites for hydroxylation is 1. The van der Waals surface area contributed by atoms with Crippen LogP contribution in [0.5, 0.6) is 11.5 Å². The first-order chi connectivity index (χ1) is 14.2. The lowest BCUT2D eigenvalue weighted by Gasteiger charge is -2.31. The summed E-state index contributed by atoms with van der Waals surface area (Å²) in [5.41, 5.74) is 4.99. The van der Waals surface area contributed by atoms with Gasteiger partial charge in [-0.1, -0.05) is 54.7 Å². The zero-order valence-corrected chi connectivity index (χ0v) is 17.5. The van der Waals surface area contributed by atoms with E-state index >= 15 is 0 Å². The Hall–Kier alpha value is -2.85. The van der Waals surface area contributed by atoms with Gasteiger partial charge in [-0.05, 0) is 60.4 Å². The summed E-state index contributed by atoms with van der Waals surface area (Å²) in [5.74, 6) is 1.73. The molecule has 0 saturated carbocycles. The first-order valence-electron chi connectivity index (χ1n) is 9.98. The number of rotatable bonds is 6. The van der Waals surface area contributed by atoms with Crippen molar-refractivity contribution in [2.75, 3.05) is 19.8 Å². The molecule has 1 aliphatic heterocycles. The molecule has 0 aliphatic carbocycles. The van der Waals surface area contributed by atoms with Crippen LogP contribution in [-0.2, 0) is 13.0 Å². The van der Waals surface area contributed by atoms with Crippen LogP contribution in [0.2, 0.25) is 0 Å². The Balaban J connectivity index is 1.29. The SMILES string of the molecule is Cc1ccccc1OCCOc1ccc(C(=S)N2CCc3ccccc3C2)cc1. The van der Waals surface area contributed by atoms with Crippen molar-refractivity contribution in [3.63, 3.8) is 0 Å². The molecule has 0 radical (unpaired) electrons. The van der Waals surface area contributed by atoms with Crippen LogP contribution in [0.25, 0.3) is 0 Å². The second-order valence-electron chi connectivity index (χ2n) is 7.23.